The Labute approximate surface area is 118 Å². The van der Waals surface area contributed by atoms with Gasteiger partial charge in [0.2, 0.25) is 0 Å². The standard InChI is InChI=1S/C12H12INO4/c1-2-5-14(7-11(16)17)12(18)9-6-8(13)3-4-10(9)15/h2-4,6,15H,1,5,7H2,(H,16,17). The van der Waals surface area contributed by atoms with E-state index >= 15 is 0 Å². The molecular formula is C12H12INO4. The number of carbonyl (C=O) groups is 2. The third-order valence-electron chi connectivity index (χ3n) is 2.15. The molecule has 2 N–H and O–H groups in total. The minimum Gasteiger partial charge on any atom is -0.507 e. The number of carbonyl (C=O) groups excluding carboxylic acids is 1. The van der Waals surface area contributed by atoms with E-state index in [-0.39, 0.29) is 17.9 Å². The van der Waals surface area contributed by atoms with Crippen molar-refractivity contribution < 1.29 is 19.8 Å². The van der Waals surface area contributed by atoms with Crippen LogP contribution < -0.4 is 0 Å². The first-order valence-corrected chi connectivity index (χ1v) is 6.14. The molecule has 0 aromatic heterocycles. The first-order valence-electron chi connectivity index (χ1n) is 5.06. The molecular weight excluding hydrogens is 349 g/mol. The molecule has 0 aliphatic heterocycles. The maximum atomic E-state index is 12.1. The fraction of sp³-hybridized carbons (Fsp3) is 0.167. The molecule has 0 saturated carbocycles. The molecule has 0 unspecified atom stereocenters. The SMILES string of the molecule is C=CCN(CC(=O)O)C(=O)c1cc(I)ccc1O. The van der Waals surface area contributed by atoms with E-state index in [1.165, 1.54) is 18.2 Å². The number of amides is 1. The summed E-state index contributed by atoms with van der Waals surface area (Å²) in [4.78, 5) is 23.9. The Morgan fingerprint density at radius 1 is 1.44 bits per heavy atom. The number of hydrogen-bond donors (Lipinski definition) is 2. The topological polar surface area (TPSA) is 77.8 Å². The van der Waals surface area contributed by atoms with E-state index in [1.807, 2.05) is 22.6 Å². The van der Waals surface area contributed by atoms with Crippen molar-refractivity contribution in [2.45, 2.75) is 0 Å². The Hall–Kier alpha value is -1.57. The zero-order chi connectivity index (χ0) is 13.7. The van der Waals surface area contributed by atoms with Gasteiger partial charge in [-0.25, -0.2) is 0 Å². The highest BCUT2D eigenvalue weighted by Gasteiger charge is 2.20. The van der Waals surface area contributed by atoms with Gasteiger partial charge >= 0.3 is 5.97 Å². The highest BCUT2D eigenvalue weighted by atomic mass is 127. The number of phenols is 1. The molecule has 1 rings (SSSR count). The normalized spacial score (nSPS) is 9.83. The second-order valence-corrected chi connectivity index (χ2v) is 4.78. The molecule has 18 heavy (non-hydrogen) atoms. The van der Waals surface area contributed by atoms with Crippen LogP contribution in [-0.4, -0.2) is 40.1 Å². The first-order chi connectivity index (χ1) is 8.45. The molecule has 1 amide bonds. The first kappa shape index (κ1) is 14.5. The van der Waals surface area contributed by atoms with Gasteiger partial charge in [0.25, 0.3) is 5.91 Å². The summed E-state index contributed by atoms with van der Waals surface area (Å²) in [5.74, 6) is -1.82. The van der Waals surface area contributed by atoms with Gasteiger partial charge in [0, 0.05) is 10.1 Å². The van der Waals surface area contributed by atoms with Crippen LogP contribution in [0.4, 0.5) is 0 Å². The molecule has 0 fully saturated rings. The number of phenolic OH excluding ortho intramolecular Hbond substituents is 1. The average Bonchev–Trinajstić information content (AvgIpc) is 2.30. The zero-order valence-electron chi connectivity index (χ0n) is 9.47. The second kappa shape index (κ2) is 6.39. The Morgan fingerprint density at radius 2 is 2.11 bits per heavy atom. The fourth-order valence-electron chi connectivity index (χ4n) is 1.39. The van der Waals surface area contributed by atoms with Gasteiger partial charge in [-0.05, 0) is 40.8 Å². The lowest BCUT2D eigenvalue weighted by atomic mass is 10.1. The highest BCUT2D eigenvalue weighted by molar-refractivity contribution is 14.1. The summed E-state index contributed by atoms with van der Waals surface area (Å²) in [5, 5.41) is 18.4. The van der Waals surface area contributed by atoms with E-state index < -0.39 is 18.4 Å². The molecule has 0 spiro atoms. The number of aliphatic carboxylic acids is 1. The van der Waals surface area contributed by atoms with Gasteiger partial charge in [-0.2, -0.15) is 0 Å². The van der Waals surface area contributed by atoms with Crippen LogP contribution in [0.25, 0.3) is 0 Å². The smallest absolute Gasteiger partial charge is 0.323 e. The summed E-state index contributed by atoms with van der Waals surface area (Å²) in [6.07, 6.45) is 1.44. The molecule has 0 heterocycles. The lowest BCUT2D eigenvalue weighted by Crippen LogP contribution is -2.35. The lowest BCUT2D eigenvalue weighted by Gasteiger charge is -2.19. The van der Waals surface area contributed by atoms with Crippen molar-refractivity contribution >= 4 is 34.5 Å². The van der Waals surface area contributed by atoms with E-state index in [0.29, 0.717) is 0 Å². The number of carboxylic acid groups (broad SMARTS) is 1. The van der Waals surface area contributed by atoms with Crippen molar-refractivity contribution in [1.29, 1.82) is 0 Å². The summed E-state index contributed by atoms with van der Waals surface area (Å²) in [6, 6.07) is 4.57. The van der Waals surface area contributed by atoms with Crippen LogP contribution in [-0.2, 0) is 4.79 Å². The minimum atomic E-state index is -1.12. The zero-order valence-corrected chi connectivity index (χ0v) is 11.6. The molecule has 0 aliphatic rings. The Morgan fingerprint density at radius 3 is 2.67 bits per heavy atom. The van der Waals surface area contributed by atoms with Crippen molar-refractivity contribution in [3.8, 4) is 5.75 Å². The number of halogens is 1. The van der Waals surface area contributed by atoms with Gasteiger partial charge in [0.15, 0.2) is 0 Å². The monoisotopic (exact) mass is 361 g/mol. The number of nitrogens with zero attached hydrogens (tertiary/aromatic N) is 1. The van der Waals surface area contributed by atoms with Gasteiger partial charge < -0.3 is 15.1 Å². The summed E-state index contributed by atoms with van der Waals surface area (Å²) in [6.45, 7) is 3.15. The van der Waals surface area contributed by atoms with Crippen LogP contribution in [0.15, 0.2) is 30.9 Å². The van der Waals surface area contributed by atoms with Crippen LogP contribution in [0.3, 0.4) is 0 Å². The fourth-order valence-corrected chi connectivity index (χ4v) is 1.88. The van der Waals surface area contributed by atoms with Crippen LogP contribution in [0.1, 0.15) is 10.4 Å². The number of rotatable bonds is 5. The molecule has 6 heteroatoms. The Kier molecular flexibility index (Phi) is 5.14. The summed E-state index contributed by atoms with van der Waals surface area (Å²) < 4.78 is 0.780. The predicted octanol–water partition coefficient (Wildman–Crippen LogP) is 1.71. The molecule has 5 nitrogen and oxygen atoms in total. The van der Waals surface area contributed by atoms with E-state index in [1.54, 1.807) is 6.07 Å². The molecule has 1 aromatic carbocycles. The third-order valence-corrected chi connectivity index (χ3v) is 2.82. The van der Waals surface area contributed by atoms with Gasteiger partial charge in [-0.3, -0.25) is 9.59 Å². The van der Waals surface area contributed by atoms with Crippen molar-refractivity contribution in [3.63, 3.8) is 0 Å². The summed E-state index contributed by atoms with van der Waals surface area (Å²) in [5.41, 5.74) is 0.0880. The van der Waals surface area contributed by atoms with Crippen LogP contribution in [0, 0.1) is 3.57 Å². The average molecular weight is 361 g/mol. The van der Waals surface area contributed by atoms with Crippen LogP contribution in [0.2, 0.25) is 0 Å². The third kappa shape index (κ3) is 3.73. The molecule has 0 aliphatic carbocycles. The molecule has 0 saturated heterocycles. The van der Waals surface area contributed by atoms with E-state index in [4.69, 9.17) is 5.11 Å². The van der Waals surface area contributed by atoms with Crippen molar-refractivity contribution in [2.75, 3.05) is 13.1 Å². The molecule has 0 atom stereocenters. The van der Waals surface area contributed by atoms with Crippen LogP contribution in [0.5, 0.6) is 5.75 Å². The maximum absolute atomic E-state index is 12.1. The predicted molar refractivity (Wildman–Crippen MR) is 74.6 cm³/mol. The van der Waals surface area contributed by atoms with Gasteiger partial charge in [0.05, 0.1) is 5.56 Å². The summed E-state index contributed by atoms with van der Waals surface area (Å²) >= 11 is 2.01. The second-order valence-electron chi connectivity index (χ2n) is 3.53. The van der Waals surface area contributed by atoms with E-state index in [0.717, 1.165) is 8.47 Å². The molecule has 0 radical (unpaired) electrons. The van der Waals surface area contributed by atoms with Gasteiger partial charge in [0.1, 0.15) is 12.3 Å². The largest absolute Gasteiger partial charge is 0.507 e. The Balaban J connectivity index is 3.04. The number of aromatic hydroxyl groups is 1. The van der Waals surface area contributed by atoms with Crippen molar-refractivity contribution in [3.05, 3.63) is 40.0 Å². The van der Waals surface area contributed by atoms with E-state index in [9.17, 15) is 14.7 Å². The van der Waals surface area contributed by atoms with Crippen LogP contribution >= 0.6 is 22.6 Å². The van der Waals surface area contributed by atoms with E-state index in [2.05, 4.69) is 6.58 Å². The summed E-state index contributed by atoms with van der Waals surface area (Å²) in [7, 11) is 0. The van der Waals surface area contributed by atoms with Gasteiger partial charge in [-0.1, -0.05) is 6.08 Å². The highest BCUT2D eigenvalue weighted by Crippen LogP contribution is 2.21. The Bertz CT molecular complexity index is 487. The van der Waals surface area contributed by atoms with Crippen molar-refractivity contribution in [1.82, 2.24) is 4.90 Å². The number of carboxylic acids is 1. The lowest BCUT2D eigenvalue weighted by molar-refractivity contribution is -0.137. The molecule has 1 aromatic rings. The molecule has 0 bridgehead atoms. The number of hydrogen-bond acceptors (Lipinski definition) is 3. The minimum absolute atomic E-state index is 0.0880. The quantitative estimate of drug-likeness (QED) is 0.618. The van der Waals surface area contributed by atoms with Gasteiger partial charge in [-0.15, -0.1) is 6.58 Å². The van der Waals surface area contributed by atoms with Crippen molar-refractivity contribution in [2.24, 2.45) is 0 Å². The number of benzene rings is 1. The molecule has 96 valence electrons. The maximum Gasteiger partial charge on any atom is 0.323 e.